The van der Waals surface area contributed by atoms with Crippen molar-refractivity contribution in [2.24, 2.45) is 0 Å². The highest BCUT2D eigenvalue weighted by atomic mass is 16.5. The number of hydrogen-bond donors (Lipinski definition) is 2. The molecule has 2 amide bonds. The lowest BCUT2D eigenvalue weighted by Gasteiger charge is -2.09. The van der Waals surface area contributed by atoms with Crippen LogP contribution < -0.4 is 15.4 Å². The van der Waals surface area contributed by atoms with Gasteiger partial charge in [-0.1, -0.05) is 24.3 Å². The summed E-state index contributed by atoms with van der Waals surface area (Å²) in [6.07, 6.45) is 0. The zero-order valence-corrected chi connectivity index (χ0v) is 16.9. The number of nitrogens with one attached hydrogen (secondary N) is 2. The Kier molecular flexibility index (Phi) is 5.39. The van der Waals surface area contributed by atoms with Crippen molar-refractivity contribution in [1.29, 1.82) is 0 Å². The molecule has 0 radical (unpaired) electrons. The fourth-order valence-electron chi connectivity index (χ4n) is 3.68. The average Bonchev–Trinajstić information content (AvgIpc) is 3.05. The molecule has 0 aliphatic heterocycles. The molecule has 0 saturated heterocycles. The number of benzene rings is 3. The van der Waals surface area contributed by atoms with E-state index in [4.69, 9.17) is 4.74 Å². The van der Waals surface area contributed by atoms with E-state index in [0.29, 0.717) is 11.4 Å². The van der Waals surface area contributed by atoms with E-state index in [-0.39, 0.29) is 18.4 Å². The molecule has 0 fully saturated rings. The summed E-state index contributed by atoms with van der Waals surface area (Å²) >= 11 is 0. The summed E-state index contributed by atoms with van der Waals surface area (Å²) < 4.78 is 7.84. The Balaban J connectivity index is 1.48. The maximum Gasteiger partial charge on any atom is 0.262 e. The van der Waals surface area contributed by atoms with Crippen molar-refractivity contribution >= 4 is 45.0 Å². The molecule has 0 aliphatic carbocycles. The fourth-order valence-corrected chi connectivity index (χ4v) is 3.68. The van der Waals surface area contributed by atoms with Crippen LogP contribution in [0.25, 0.3) is 21.8 Å². The SMILES string of the molecule is CCn1c2ccccc2c2cc(NC(=O)COc3cccc(NC(C)=O)c3)ccc21. The number of aryl methyl sites for hydroxylation is 1. The number of para-hydroxylation sites is 1. The van der Waals surface area contributed by atoms with Crippen LogP contribution in [-0.4, -0.2) is 23.0 Å². The molecule has 4 rings (SSSR count). The van der Waals surface area contributed by atoms with Crippen molar-refractivity contribution in [3.8, 4) is 5.75 Å². The Morgan fingerprint density at radius 1 is 0.867 bits per heavy atom. The molecule has 1 heterocycles. The summed E-state index contributed by atoms with van der Waals surface area (Å²) in [5, 5.41) is 7.86. The molecule has 0 bridgehead atoms. The van der Waals surface area contributed by atoms with Gasteiger partial charge in [-0.05, 0) is 43.3 Å². The average molecular weight is 401 g/mol. The van der Waals surface area contributed by atoms with E-state index in [1.165, 1.54) is 12.4 Å². The van der Waals surface area contributed by atoms with Crippen molar-refractivity contribution in [2.75, 3.05) is 17.2 Å². The van der Waals surface area contributed by atoms with Crippen LogP contribution in [0.5, 0.6) is 5.75 Å². The number of hydrogen-bond acceptors (Lipinski definition) is 3. The van der Waals surface area contributed by atoms with Crippen molar-refractivity contribution in [2.45, 2.75) is 20.4 Å². The molecule has 4 aromatic rings. The van der Waals surface area contributed by atoms with E-state index < -0.39 is 0 Å². The van der Waals surface area contributed by atoms with Gasteiger partial charge >= 0.3 is 0 Å². The van der Waals surface area contributed by atoms with Crippen molar-refractivity contribution in [1.82, 2.24) is 4.57 Å². The molecule has 0 aliphatic rings. The topological polar surface area (TPSA) is 72.4 Å². The molecule has 0 spiro atoms. The Morgan fingerprint density at radius 2 is 1.63 bits per heavy atom. The van der Waals surface area contributed by atoms with Gasteiger partial charge in [0.15, 0.2) is 6.61 Å². The van der Waals surface area contributed by atoms with Gasteiger partial charge < -0.3 is 19.9 Å². The molecule has 6 nitrogen and oxygen atoms in total. The van der Waals surface area contributed by atoms with Crippen molar-refractivity contribution < 1.29 is 14.3 Å². The first-order valence-electron chi connectivity index (χ1n) is 9.86. The van der Waals surface area contributed by atoms with Crippen LogP contribution in [-0.2, 0) is 16.1 Å². The second-order valence-electron chi connectivity index (χ2n) is 7.04. The second kappa shape index (κ2) is 8.29. The Hall–Kier alpha value is -3.80. The zero-order valence-electron chi connectivity index (χ0n) is 16.9. The number of aromatic nitrogens is 1. The number of carbonyl (C=O) groups excluding carboxylic acids is 2. The van der Waals surface area contributed by atoms with Crippen molar-refractivity contribution in [3.05, 3.63) is 66.7 Å². The van der Waals surface area contributed by atoms with Gasteiger partial charge in [0, 0.05) is 52.7 Å². The number of ether oxygens (including phenoxy) is 1. The van der Waals surface area contributed by atoms with Crippen LogP contribution in [0.15, 0.2) is 66.7 Å². The molecule has 1 aromatic heterocycles. The Labute approximate surface area is 174 Å². The smallest absolute Gasteiger partial charge is 0.262 e. The molecule has 6 heteroatoms. The minimum atomic E-state index is -0.251. The fraction of sp³-hybridized carbons (Fsp3) is 0.167. The Bertz CT molecular complexity index is 1240. The first-order valence-corrected chi connectivity index (χ1v) is 9.86. The monoisotopic (exact) mass is 401 g/mol. The van der Waals surface area contributed by atoms with Gasteiger partial charge in [-0.2, -0.15) is 0 Å². The molecule has 152 valence electrons. The summed E-state index contributed by atoms with van der Waals surface area (Å²) in [4.78, 5) is 23.6. The molecule has 30 heavy (non-hydrogen) atoms. The molecule has 0 saturated carbocycles. The van der Waals surface area contributed by atoms with Gasteiger partial charge in [0.1, 0.15) is 5.75 Å². The lowest BCUT2D eigenvalue weighted by atomic mass is 10.1. The molecule has 0 unspecified atom stereocenters. The summed E-state index contributed by atoms with van der Waals surface area (Å²) in [7, 11) is 0. The van der Waals surface area contributed by atoms with Crippen LogP contribution >= 0.6 is 0 Å². The van der Waals surface area contributed by atoms with Crippen LogP contribution in [0.2, 0.25) is 0 Å². The molecular formula is C24H23N3O3. The standard InChI is InChI=1S/C24H23N3O3/c1-3-27-22-10-5-4-9-20(22)21-14-18(11-12-23(21)27)26-24(29)15-30-19-8-6-7-17(13-19)25-16(2)28/h4-14H,3,15H2,1-2H3,(H,25,28)(H,26,29). The van der Waals surface area contributed by atoms with E-state index in [1.54, 1.807) is 24.3 Å². The lowest BCUT2D eigenvalue weighted by molar-refractivity contribution is -0.118. The number of fused-ring (bicyclic) bond motifs is 3. The largest absolute Gasteiger partial charge is 0.484 e. The van der Waals surface area contributed by atoms with Gasteiger partial charge in [-0.3, -0.25) is 9.59 Å². The highest BCUT2D eigenvalue weighted by Crippen LogP contribution is 2.31. The van der Waals surface area contributed by atoms with E-state index in [2.05, 4.69) is 34.3 Å². The molecule has 2 N–H and O–H groups in total. The van der Waals surface area contributed by atoms with E-state index in [1.807, 2.05) is 30.3 Å². The predicted molar refractivity (Wildman–Crippen MR) is 120 cm³/mol. The Morgan fingerprint density at radius 3 is 2.43 bits per heavy atom. The maximum absolute atomic E-state index is 12.4. The van der Waals surface area contributed by atoms with Gasteiger partial charge in [-0.15, -0.1) is 0 Å². The highest BCUT2D eigenvalue weighted by molar-refractivity contribution is 6.09. The van der Waals surface area contributed by atoms with Crippen LogP contribution in [0, 0.1) is 0 Å². The third-order valence-electron chi connectivity index (χ3n) is 4.90. The summed E-state index contributed by atoms with van der Waals surface area (Å²) in [5.41, 5.74) is 3.67. The zero-order chi connectivity index (χ0) is 21.1. The number of rotatable bonds is 6. The van der Waals surface area contributed by atoms with Gasteiger partial charge in [0.05, 0.1) is 0 Å². The van der Waals surface area contributed by atoms with Crippen LogP contribution in [0.3, 0.4) is 0 Å². The third-order valence-corrected chi connectivity index (χ3v) is 4.90. The number of anilines is 2. The summed E-state index contributed by atoms with van der Waals surface area (Å²) in [6, 6.07) is 21.1. The highest BCUT2D eigenvalue weighted by Gasteiger charge is 2.11. The first kappa shape index (κ1) is 19.5. The predicted octanol–water partition coefficient (Wildman–Crippen LogP) is 4.79. The number of carbonyl (C=O) groups is 2. The second-order valence-corrected chi connectivity index (χ2v) is 7.04. The van der Waals surface area contributed by atoms with Gasteiger partial charge in [-0.25, -0.2) is 0 Å². The number of nitrogens with zero attached hydrogens (tertiary/aromatic N) is 1. The minimum Gasteiger partial charge on any atom is -0.484 e. The van der Waals surface area contributed by atoms with E-state index in [9.17, 15) is 9.59 Å². The maximum atomic E-state index is 12.4. The molecule has 0 atom stereocenters. The van der Waals surface area contributed by atoms with Crippen LogP contribution in [0.1, 0.15) is 13.8 Å². The van der Waals surface area contributed by atoms with Gasteiger partial charge in [0.2, 0.25) is 5.91 Å². The normalized spacial score (nSPS) is 10.9. The molecule has 3 aromatic carbocycles. The van der Waals surface area contributed by atoms with E-state index >= 15 is 0 Å². The van der Waals surface area contributed by atoms with Crippen molar-refractivity contribution in [3.63, 3.8) is 0 Å². The van der Waals surface area contributed by atoms with Gasteiger partial charge in [0.25, 0.3) is 5.91 Å². The third kappa shape index (κ3) is 3.98. The number of amides is 2. The van der Waals surface area contributed by atoms with E-state index in [0.717, 1.165) is 28.5 Å². The lowest BCUT2D eigenvalue weighted by Crippen LogP contribution is -2.20. The molecular weight excluding hydrogens is 378 g/mol. The quantitative estimate of drug-likeness (QED) is 0.488. The summed E-state index contributed by atoms with van der Waals surface area (Å²) in [5.74, 6) is 0.0982. The minimum absolute atomic E-state index is 0.127. The van der Waals surface area contributed by atoms with Crippen LogP contribution in [0.4, 0.5) is 11.4 Å². The first-order chi connectivity index (χ1) is 14.5. The summed E-state index contributed by atoms with van der Waals surface area (Å²) in [6.45, 7) is 4.31.